The summed E-state index contributed by atoms with van der Waals surface area (Å²) in [5, 5.41) is 12.7. The van der Waals surface area contributed by atoms with Crippen LogP contribution >= 0.6 is 0 Å². The van der Waals surface area contributed by atoms with Gasteiger partial charge in [-0.2, -0.15) is 9.97 Å². The number of para-hydroxylation sites is 3. The van der Waals surface area contributed by atoms with Crippen molar-refractivity contribution in [3.8, 4) is 34.4 Å². The molecule has 4 heterocycles. The van der Waals surface area contributed by atoms with E-state index in [1.54, 1.807) is 0 Å². The number of nitrogens with one attached hydrogen (secondary N) is 1. The Morgan fingerprint density at radius 2 is 0.929 bits per heavy atom. The number of aromatic nitrogens is 5. The smallest absolute Gasteiger partial charge is 0.238 e. The Morgan fingerprint density at radius 1 is 0.386 bits per heavy atom. The van der Waals surface area contributed by atoms with Gasteiger partial charge in [-0.05, 0) is 57.4 Å². The lowest BCUT2D eigenvalue weighted by atomic mass is 10.00. The standard InChI is InChI=1S/C62H40N8/c1-4-19-41(20-5-1)57-63-58(42-21-6-2-7-22-42)66-61(65-57)50-28-14-17-31-54(50)69-52-29-15-12-26-46(52)48-36-37-49-47-27-13-16-30-53(47)70(56(49)55(48)69)62-67-59(43-23-8-3-9-24-43)64-60(68-62)44-35-34-40-33-32-39-18-10-11-25-45(39)51(40)38-44/h1-38,57H,(H,63,65,66). The van der Waals surface area contributed by atoms with Crippen molar-refractivity contribution in [2.45, 2.75) is 6.17 Å². The highest BCUT2D eigenvalue weighted by Crippen LogP contribution is 2.42. The Kier molecular flexibility index (Phi) is 9.10. The summed E-state index contributed by atoms with van der Waals surface area (Å²) in [4.78, 5) is 26.8. The van der Waals surface area contributed by atoms with E-state index in [0.29, 0.717) is 23.4 Å². The Morgan fingerprint density at radius 3 is 1.66 bits per heavy atom. The first-order valence-electron chi connectivity index (χ1n) is 23.5. The number of aliphatic imine (C=N–C) groups is 2. The number of benzene rings is 10. The van der Waals surface area contributed by atoms with E-state index in [1.165, 1.54) is 10.8 Å². The van der Waals surface area contributed by atoms with Crippen LogP contribution in [0.25, 0.3) is 99.6 Å². The zero-order chi connectivity index (χ0) is 46.1. The molecule has 0 aliphatic carbocycles. The molecule has 0 saturated heterocycles. The first kappa shape index (κ1) is 39.6. The lowest BCUT2D eigenvalue weighted by Crippen LogP contribution is -2.33. The fourth-order valence-corrected chi connectivity index (χ4v) is 10.4. The molecule has 0 spiro atoms. The highest BCUT2D eigenvalue weighted by molar-refractivity contribution is 6.24. The molecule has 13 aromatic rings. The van der Waals surface area contributed by atoms with Crippen LogP contribution in [0.3, 0.4) is 0 Å². The number of hydrogen-bond acceptors (Lipinski definition) is 6. The van der Waals surface area contributed by atoms with Crippen LogP contribution < -0.4 is 5.32 Å². The summed E-state index contributed by atoms with van der Waals surface area (Å²) in [6.07, 6.45) is -0.359. The van der Waals surface area contributed by atoms with Gasteiger partial charge >= 0.3 is 0 Å². The van der Waals surface area contributed by atoms with Gasteiger partial charge in [-0.15, -0.1) is 0 Å². The molecule has 8 heteroatoms. The summed E-state index contributed by atoms with van der Waals surface area (Å²) in [6, 6.07) is 80.5. The van der Waals surface area contributed by atoms with E-state index < -0.39 is 0 Å². The average molecular weight is 897 g/mol. The molecule has 1 atom stereocenters. The fraction of sp³-hybridized carbons (Fsp3) is 0.0161. The average Bonchev–Trinajstić information content (AvgIpc) is 3.96. The van der Waals surface area contributed by atoms with Crippen LogP contribution in [0.4, 0.5) is 0 Å². The van der Waals surface area contributed by atoms with Gasteiger partial charge in [0, 0.05) is 43.8 Å². The minimum Gasteiger partial charge on any atom is -0.344 e. The molecule has 1 aliphatic heterocycles. The molecule has 1 N–H and O–H groups in total. The van der Waals surface area contributed by atoms with Crippen molar-refractivity contribution >= 4 is 76.8 Å². The maximum absolute atomic E-state index is 5.47. The molecule has 3 aromatic heterocycles. The summed E-state index contributed by atoms with van der Waals surface area (Å²) in [5.41, 5.74) is 9.74. The highest BCUT2D eigenvalue weighted by atomic mass is 15.2. The van der Waals surface area contributed by atoms with E-state index >= 15 is 0 Å². The second kappa shape index (κ2) is 16.1. The van der Waals surface area contributed by atoms with Gasteiger partial charge in [0.25, 0.3) is 0 Å². The number of rotatable bonds is 7. The van der Waals surface area contributed by atoms with Crippen LogP contribution in [0.15, 0.2) is 241 Å². The summed E-state index contributed by atoms with van der Waals surface area (Å²) in [7, 11) is 0. The maximum Gasteiger partial charge on any atom is 0.238 e. The lowest BCUT2D eigenvalue weighted by molar-refractivity contribution is 0.674. The molecular weight excluding hydrogens is 857 g/mol. The van der Waals surface area contributed by atoms with Crippen LogP contribution in [-0.2, 0) is 0 Å². The molecule has 0 radical (unpaired) electrons. The van der Waals surface area contributed by atoms with Crippen molar-refractivity contribution in [2.24, 2.45) is 9.98 Å². The number of hydrogen-bond donors (Lipinski definition) is 1. The van der Waals surface area contributed by atoms with Gasteiger partial charge in [-0.1, -0.05) is 200 Å². The van der Waals surface area contributed by atoms with E-state index in [0.717, 1.165) is 93.7 Å². The molecule has 328 valence electrons. The third-order valence-electron chi connectivity index (χ3n) is 13.6. The van der Waals surface area contributed by atoms with Gasteiger partial charge < -0.3 is 9.88 Å². The molecule has 0 saturated carbocycles. The summed E-state index contributed by atoms with van der Waals surface area (Å²) in [5.74, 6) is 3.10. The third-order valence-corrected chi connectivity index (χ3v) is 13.6. The molecule has 0 bridgehead atoms. The highest BCUT2D eigenvalue weighted by Gasteiger charge is 2.27. The second-order valence-corrected chi connectivity index (χ2v) is 17.7. The number of fused-ring (bicyclic) bond motifs is 10. The molecule has 1 aliphatic rings. The Labute approximate surface area is 402 Å². The minimum atomic E-state index is -0.359. The van der Waals surface area contributed by atoms with Crippen molar-refractivity contribution in [2.75, 3.05) is 0 Å². The topological polar surface area (TPSA) is 85.3 Å². The van der Waals surface area contributed by atoms with Crippen molar-refractivity contribution in [1.29, 1.82) is 0 Å². The van der Waals surface area contributed by atoms with E-state index in [4.69, 9.17) is 24.9 Å². The van der Waals surface area contributed by atoms with Gasteiger partial charge in [0.15, 0.2) is 17.5 Å². The fourth-order valence-electron chi connectivity index (χ4n) is 10.4. The van der Waals surface area contributed by atoms with E-state index in [-0.39, 0.29) is 6.17 Å². The van der Waals surface area contributed by atoms with Gasteiger partial charge in [0.2, 0.25) is 5.95 Å². The van der Waals surface area contributed by atoms with Crippen LogP contribution in [0, 0.1) is 0 Å². The molecular formula is C62H40N8. The lowest BCUT2D eigenvalue weighted by Gasteiger charge is -2.24. The van der Waals surface area contributed by atoms with Crippen molar-refractivity contribution in [3.63, 3.8) is 0 Å². The van der Waals surface area contributed by atoms with Gasteiger partial charge in [0.05, 0.1) is 27.8 Å². The molecule has 14 rings (SSSR count). The van der Waals surface area contributed by atoms with Crippen molar-refractivity contribution < 1.29 is 0 Å². The monoisotopic (exact) mass is 896 g/mol. The van der Waals surface area contributed by atoms with Crippen LogP contribution in [0.5, 0.6) is 0 Å². The van der Waals surface area contributed by atoms with Gasteiger partial charge in [0.1, 0.15) is 12.0 Å². The maximum atomic E-state index is 5.47. The van der Waals surface area contributed by atoms with Crippen molar-refractivity contribution in [1.82, 2.24) is 29.4 Å². The summed E-state index contributed by atoms with van der Waals surface area (Å²) < 4.78 is 4.64. The van der Waals surface area contributed by atoms with Crippen LogP contribution in [0.2, 0.25) is 0 Å². The first-order chi connectivity index (χ1) is 34.7. The van der Waals surface area contributed by atoms with Crippen molar-refractivity contribution in [3.05, 3.63) is 247 Å². The Bertz CT molecular complexity index is 4270. The normalized spacial score (nSPS) is 13.9. The molecule has 10 aromatic carbocycles. The number of nitrogens with zero attached hydrogens (tertiary/aromatic N) is 7. The number of amidine groups is 2. The Hall–Kier alpha value is -9.53. The quantitative estimate of drug-likeness (QED) is 0.162. The van der Waals surface area contributed by atoms with E-state index in [1.807, 2.05) is 42.5 Å². The SMILES string of the molecule is c1ccc(C2=NC(c3ccccc3-n3c4ccccc4c4ccc5c6ccccc6n(-c6nc(-c7ccccc7)nc(-c7ccc8ccc9ccccc9c8c7)n6)c5c43)=NC(c3ccccc3)N2)cc1. The van der Waals surface area contributed by atoms with Gasteiger partial charge in [-0.3, -0.25) is 4.57 Å². The summed E-state index contributed by atoms with van der Waals surface area (Å²) in [6.45, 7) is 0. The zero-order valence-corrected chi connectivity index (χ0v) is 37.6. The first-order valence-corrected chi connectivity index (χ1v) is 23.5. The molecule has 0 fully saturated rings. The molecule has 70 heavy (non-hydrogen) atoms. The van der Waals surface area contributed by atoms with E-state index in [2.05, 4.69) is 203 Å². The van der Waals surface area contributed by atoms with E-state index in [9.17, 15) is 0 Å². The molecule has 8 nitrogen and oxygen atoms in total. The predicted octanol–water partition coefficient (Wildman–Crippen LogP) is 14.2. The summed E-state index contributed by atoms with van der Waals surface area (Å²) >= 11 is 0. The molecule has 0 amide bonds. The van der Waals surface area contributed by atoms with Crippen LogP contribution in [-0.4, -0.2) is 35.8 Å². The molecule has 1 unspecified atom stereocenters. The minimum absolute atomic E-state index is 0.359. The predicted molar refractivity (Wildman–Crippen MR) is 286 cm³/mol. The Balaban J connectivity index is 1.06. The third kappa shape index (κ3) is 6.42. The zero-order valence-electron chi connectivity index (χ0n) is 37.6. The largest absolute Gasteiger partial charge is 0.344 e. The van der Waals surface area contributed by atoms with Gasteiger partial charge in [-0.25, -0.2) is 15.0 Å². The van der Waals surface area contributed by atoms with Crippen LogP contribution in [0.1, 0.15) is 22.9 Å². The second-order valence-electron chi connectivity index (χ2n) is 17.7.